The van der Waals surface area contributed by atoms with Crippen molar-refractivity contribution in [3.05, 3.63) is 102 Å². The van der Waals surface area contributed by atoms with Crippen LogP contribution in [0.1, 0.15) is 30.3 Å². The van der Waals surface area contributed by atoms with Crippen molar-refractivity contribution in [1.82, 2.24) is 9.55 Å². The van der Waals surface area contributed by atoms with Gasteiger partial charge in [-0.1, -0.05) is 53.2 Å². The van der Waals surface area contributed by atoms with Gasteiger partial charge in [0, 0.05) is 20.2 Å². The van der Waals surface area contributed by atoms with Crippen molar-refractivity contribution in [3.8, 4) is 0 Å². The van der Waals surface area contributed by atoms with Gasteiger partial charge in [0.15, 0.2) is 0 Å². The Kier molecular flexibility index (Phi) is 6.40. The van der Waals surface area contributed by atoms with E-state index in [2.05, 4.69) is 45.4 Å². The minimum absolute atomic E-state index is 0.0711. The summed E-state index contributed by atoms with van der Waals surface area (Å²) in [5.74, 6) is 0.397. The molecule has 0 N–H and O–H groups in total. The number of nitrogens with zero attached hydrogens (tertiary/aromatic N) is 3. The average molecular weight is 626 g/mol. The number of carbonyl (C=O) groups is 1. The highest BCUT2D eigenvalue weighted by molar-refractivity contribution is 14.1. The number of carbonyl (C=O) groups excluding carboxylic acids is 1. The fourth-order valence-electron chi connectivity index (χ4n) is 4.28. The van der Waals surface area contributed by atoms with E-state index >= 15 is 0 Å². The number of hydrogen-bond donors (Lipinski definition) is 0. The van der Waals surface area contributed by atoms with Crippen LogP contribution in [0.5, 0.6) is 0 Å². The van der Waals surface area contributed by atoms with Gasteiger partial charge in [0.2, 0.25) is 0 Å². The summed E-state index contributed by atoms with van der Waals surface area (Å²) in [7, 11) is 0. The molecular weight excluding hydrogens is 605 g/mol. The Morgan fingerprint density at radius 1 is 1.03 bits per heavy atom. The molecule has 1 amide bonds. The van der Waals surface area contributed by atoms with E-state index in [9.17, 15) is 9.59 Å². The summed E-state index contributed by atoms with van der Waals surface area (Å²) in [5.41, 5.74) is 3.76. The van der Waals surface area contributed by atoms with Crippen molar-refractivity contribution >= 4 is 72.7 Å². The van der Waals surface area contributed by atoms with Gasteiger partial charge in [0.05, 0.1) is 28.7 Å². The highest BCUT2D eigenvalue weighted by atomic mass is 127. The lowest BCUT2D eigenvalue weighted by molar-refractivity contribution is -0.113. The molecule has 0 spiro atoms. The minimum Gasteiger partial charge on any atom is -0.308 e. The number of halogens is 2. The summed E-state index contributed by atoms with van der Waals surface area (Å²) < 4.78 is 3.53. The SMILES string of the molecule is CCCN1C(=O)C(=Cc2nc3ccc(I)cc3c(=O)n2Cc2ccccc2)c2cc(Br)ccc21. The van der Waals surface area contributed by atoms with Crippen molar-refractivity contribution in [2.45, 2.75) is 19.9 Å². The van der Waals surface area contributed by atoms with E-state index in [1.165, 1.54) is 0 Å². The summed E-state index contributed by atoms with van der Waals surface area (Å²) in [6, 6.07) is 21.3. The summed E-state index contributed by atoms with van der Waals surface area (Å²) in [4.78, 5) is 33.7. The van der Waals surface area contributed by atoms with Crippen LogP contribution in [0, 0.1) is 3.57 Å². The number of hydrogen-bond acceptors (Lipinski definition) is 3. The molecule has 170 valence electrons. The first-order chi connectivity index (χ1) is 16.5. The highest BCUT2D eigenvalue weighted by Gasteiger charge is 2.32. The smallest absolute Gasteiger partial charge is 0.261 e. The van der Waals surface area contributed by atoms with E-state index < -0.39 is 0 Å². The van der Waals surface area contributed by atoms with Gasteiger partial charge < -0.3 is 4.90 Å². The highest BCUT2D eigenvalue weighted by Crippen LogP contribution is 2.39. The molecule has 1 aliphatic rings. The third-order valence-corrected chi connectivity index (χ3v) is 7.03. The zero-order valence-electron chi connectivity index (χ0n) is 18.5. The van der Waals surface area contributed by atoms with Crippen LogP contribution in [-0.2, 0) is 11.3 Å². The molecule has 34 heavy (non-hydrogen) atoms. The predicted molar refractivity (Wildman–Crippen MR) is 149 cm³/mol. The zero-order chi connectivity index (χ0) is 23.8. The fourth-order valence-corrected chi connectivity index (χ4v) is 5.14. The maximum atomic E-state index is 13.6. The Bertz CT molecular complexity index is 1510. The number of amides is 1. The Labute approximate surface area is 219 Å². The first kappa shape index (κ1) is 23.0. The monoisotopic (exact) mass is 625 g/mol. The van der Waals surface area contributed by atoms with Crippen LogP contribution in [0.3, 0.4) is 0 Å². The van der Waals surface area contributed by atoms with Gasteiger partial charge in [-0.25, -0.2) is 4.98 Å². The third kappa shape index (κ3) is 4.22. The van der Waals surface area contributed by atoms with Crippen molar-refractivity contribution in [1.29, 1.82) is 0 Å². The molecule has 7 heteroatoms. The Morgan fingerprint density at radius 2 is 1.82 bits per heavy atom. The lowest BCUT2D eigenvalue weighted by Crippen LogP contribution is -2.27. The van der Waals surface area contributed by atoms with Crippen molar-refractivity contribution in [3.63, 3.8) is 0 Å². The number of rotatable bonds is 5. The van der Waals surface area contributed by atoms with E-state index in [-0.39, 0.29) is 11.5 Å². The van der Waals surface area contributed by atoms with Crippen LogP contribution in [-0.4, -0.2) is 22.0 Å². The normalized spacial score (nSPS) is 14.3. The molecule has 0 saturated heterocycles. The Hall–Kier alpha value is -2.78. The second-order valence-corrected chi connectivity index (χ2v) is 10.3. The van der Waals surface area contributed by atoms with Gasteiger partial charge in [-0.2, -0.15) is 0 Å². The summed E-state index contributed by atoms with van der Waals surface area (Å²) in [5, 5.41) is 0.568. The molecule has 0 radical (unpaired) electrons. The second-order valence-electron chi connectivity index (χ2n) is 8.18. The van der Waals surface area contributed by atoms with E-state index in [0.717, 1.165) is 31.3 Å². The van der Waals surface area contributed by atoms with Gasteiger partial charge in [-0.05, 0) is 77.0 Å². The molecule has 3 aromatic carbocycles. The zero-order valence-corrected chi connectivity index (χ0v) is 22.2. The van der Waals surface area contributed by atoms with Gasteiger partial charge in [0.25, 0.3) is 11.5 Å². The summed E-state index contributed by atoms with van der Waals surface area (Å²) in [6.07, 6.45) is 2.62. The van der Waals surface area contributed by atoms with Gasteiger partial charge in [0.1, 0.15) is 5.82 Å². The molecule has 1 aromatic heterocycles. The molecule has 0 fully saturated rings. The molecule has 5 nitrogen and oxygen atoms in total. The van der Waals surface area contributed by atoms with Gasteiger partial charge >= 0.3 is 0 Å². The number of fused-ring (bicyclic) bond motifs is 2. The maximum absolute atomic E-state index is 13.6. The number of benzene rings is 3. The van der Waals surface area contributed by atoms with Crippen molar-refractivity contribution in [2.24, 2.45) is 0 Å². The maximum Gasteiger partial charge on any atom is 0.261 e. The summed E-state index contributed by atoms with van der Waals surface area (Å²) >= 11 is 5.74. The largest absolute Gasteiger partial charge is 0.308 e. The molecule has 0 unspecified atom stereocenters. The van der Waals surface area contributed by atoms with Crippen LogP contribution >= 0.6 is 38.5 Å². The van der Waals surface area contributed by atoms with Crippen LogP contribution in [0.15, 0.2) is 76.0 Å². The Balaban J connectivity index is 1.74. The lowest BCUT2D eigenvalue weighted by Gasteiger charge is -2.15. The molecule has 0 bridgehead atoms. The molecule has 0 aliphatic carbocycles. The van der Waals surface area contributed by atoms with Crippen LogP contribution in [0.25, 0.3) is 22.6 Å². The van der Waals surface area contributed by atoms with E-state index in [1.54, 1.807) is 15.5 Å². The quantitative estimate of drug-likeness (QED) is 0.199. The summed E-state index contributed by atoms with van der Waals surface area (Å²) in [6.45, 7) is 3.05. The Morgan fingerprint density at radius 3 is 2.59 bits per heavy atom. The molecule has 0 saturated carbocycles. The molecule has 4 aromatic rings. The molecule has 0 atom stereocenters. The molecular formula is C27H21BrIN3O2. The van der Waals surface area contributed by atoms with Crippen LogP contribution in [0.4, 0.5) is 5.69 Å². The average Bonchev–Trinajstić information content (AvgIpc) is 3.08. The van der Waals surface area contributed by atoms with Gasteiger partial charge in [-0.3, -0.25) is 14.2 Å². The predicted octanol–water partition coefficient (Wildman–Crippen LogP) is 6.11. The van der Waals surface area contributed by atoms with Crippen LogP contribution in [0.2, 0.25) is 0 Å². The van der Waals surface area contributed by atoms with Crippen molar-refractivity contribution in [2.75, 3.05) is 11.4 Å². The lowest BCUT2D eigenvalue weighted by atomic mass is 10.1. The van der Waals surface area contributed by atoms with E-state index in [1.807, 2.05) is 66.7 Å². The third-order valence-electron chi connectivity index (χ3n) is 5.86. The number of anilines is 1. The topological polar surface area (TPSA) is 55.2 Å². The molecule has 5 rings (SSSR count). The minimum atomic E-state index is -0.121. The first-order valence-corrected chi connectivity index (χ1v) is 12.9. The standard InChI is InChI=1S/C27H21BrIN3O2/c1-2-12-31-24-11-8-18(28)13-20(24)21(26(31)33)15-25-30-23-10-9-19(29)14-22(23)27(34)32(25)16-17-6-4-3-5-7-17/h3-11,13-15H,2,12,16H2,1H3. The first-order valence-electron chi connectivity index (χ1n) is 11.0. The van der Waals surface area contributed by atoms with Crippen LogP contribution < -0.4 is 10.5 Å². The van der Waals surface area contributed by atoms with Crippen molar-refractivity contribution < 1.29 is 4.79 Å². The fraction of sp³-hybridized carbons (Fsp3) is 0.148. The van der Waals surface area contributed by atoms with Gasteiger partial charge in [-0.15, -0.1) is 0 Å². The second kappa shape index (κ2) is 9.46. The van der Waals surface area contributed by atoms with E-state index in [4.69, 9.17) is 4.98 Å². The number of aromatic nitrogens is 2. The van der Waals surface area contributed by atoms with E-state index in [0.29, 0.717) is 35.4 Å². The molecule has 1 aliphatic heterocycles. The molecule has 2 heterocycles.